The Kier molecular flexibility index (Phi) is 3.98. The molecule has 0 saturated heterocycles. The van der Waals surface area contributed by atoms with Crippen LogP contribution in [0.5, 0.6) is 5.75 Å². The lowest BCUT2D eigenvalue weighted by atomic mass is 10.1. The molecule has 0 radical (unpaired) electrons. The van der Waals surface area contributed by atoms with E-state index in [1.165, 1.54) is 12.8 Å². The predicted octanol–water partition coefficient (Wildman–Crippen LogP) is 2.02. The quantitative estimate of drug-likeness (QED) is 0.885. The molecule has 116 valence electrons. The third kappa shape index (κ3) is 3.04. The van der Waals surface area contributed by atoms with Crippen LogP contribution in [0.1, 0.15) is 28.9 Å². The van der Waals surface area contributed by atoms with Gasteiger partial charge in [0.25, 0.3) is 5.91 Å². The van der Waals surface area contributed by atoms with Gasteiger partial charge in [-0.3, -0.25) is 9.78 Å². The summed E-state index contributed by atoms with van der Waals surface area (Å²) in [4.78, 5) is 16.9. The summed E-state index contributed by atoms with van der Waals surface area (Å²) in [6, 6.07) is 7.57. The van der Waals surface area contributed by atoms with Crippen molar-refractivity contribution in [3.05, 3.63) is 35.5 Å². The summed E-state index contributed by atoms with van der Waals surface area (Å²) in [5.74, 6) is 1.22. The van der Waals surface area contributed by atoms with Crippen molar-refractivity contribution in [3.8, 4) is 5.75 Å². The fourth-order valence-corrected chi connectivity index (χ4v) is 2.60. The van der Waals surface area contributed by atoms with Gasteiger partial charge in [-0.15, -0.1) is 0 Å². The van der Waals surface area contributed by atoms with Gasteiger partial charge in [0.1, 0.15) is 5.75 Å². The van der Waals surface area contributed by atoms with E-state index in [-0.39, 0.29) is 11.9 Å². The van der Waals surface area contributed by atoms with E-state index >= 15 is 0 Å². The van der Waals surface area contributed by atoms with Crippen molar-refractivity contribution < 1.29 is 9.53 Å². The molecule has 22 heavy (non-hydrogen) atoms. The number of aromatic nitrogens is 1. The SMILES string of the molecule is COc1ccc2cc(C(=O)NCC(N)C3CC3)c(C)nc2c1. The van der Waals surface area contributed by atoms with Gasteiger partial charge in [-0.1, -0.05) is 0 Å². The van der Waals surface area contributed by atoms with E-state index in [1.54, 1.807) is 7.11 Å². The van der Waals surface area contributed by atoms with Crippen LogP contribution in [0.15, 0.2) is 24.3 Å². The average molecular weight is 299 g/mol. The van der Waals surface area contributed by atoms with Gasteiger partial charge in [-0.05, 0) is 43.9 Å². The minimum atomic E-state index is -0.112. The summed E-state index contributed by atoms with van der Waals surface area (Å²) in [5, 5.41) is 3.84. The normalized spacial score (nSPS) is 15.6. The van der Waals surface area contributed by atoms with Crippen molar-refractivity contribution in [2.24, 2.45) is 11.7 Å². The third-order valence-corrected chi connectivity index (χ3v) is 4.19. The highest BCUT2D eigenvalue weighted by atomic mass is 16.5. The largest absolute Gasteiger partial charge is 0.497 e. The molecule has 1 aromatic carbocycles. The van der Waals surface area contributed by atoms with Gasteiger partial charge in [-0.2, -0.15) is 0 Å². The number of carbonyl (C=O) groups is 1. The van der Waals surface area contributed by atoms with Gasteiger partial charge >= 0.3 is 0 Å². The van der Waals surface area contributed by atoms with Crippen LogP contribution in [-0.4, -0.2) is 30.6 Å². The molecule has 1 atom stereocenters. The summed E-state index contributed by atoms with van der Waals surface area (Å²) >= 11 is 0. The van der Waals surface area contributed by atoms with Gasteiger partial charge in [-0.25, -0.2) is 0 Å². The van der Waals surface area contributed by atoms with Gasteiger partial charge < -0.3 is 15.8 Å². The van der Waals surface area contributed by atoms with Gasteiger partial charge in [0.2, 0.25) is 0 Å². The molecule has 1 fully saturated rings. The highest BCUT2D eigenvalue weighted by Gasteiger charge is 2.28. The fraction of sp³-hybridized carbons (Fsp3) is 0.412. The van der Waals surface area contributed by atoms with Crippen molar-refractivity contribution in [3.63, 3.8) is 0 Å². The number of amides is 1. The lowest BCUT2D eigenvalue weighted by Gasteiger charge is -2.13. The minimum absolute atomic E-state index is 0.0573. The van der Waals surface area contributed by atoms with E-state index in [0.29, 0.717) is 23.7 Å². The standard InChI is InChI=1S/C17H21N3O2/c1-10-14(17(21)19-9-15(18)11-3-4-11)7-12-5-6-13(22-2)8-16(12)20-10/h5-8,11,15H,3-4,9,18H2,1-2H3,(H,19,21). The van der Waals surface area contributed by atoms with Crippen molar-refractivity contribution >= 4 is 16.8 Å². The van der Waals surface area contributed by atoms with Crippen molar-refractivity contribution in [1.82, 2.24) is 10.3 Å². The number of pyridine rings is 1. The lowest BCUT2D eigenvalue weighted by molar-refractivity contribution is 0.0949. The molecule has 5 heteroatoms. The maximum absolute atomic E-state index is 12.3. The third-order valence-electron chi connectivity index (χ3n) is 4.19. The number of hydrogen-bond acceptors (Lipinski definition) is 4. The first-order valence-corrected chi connectivity index (χ1v) is 7.57. The van der Waals surface area contributed by atoms with Crippen LogP contribution < -0.4 is 15.8 Å². The Balaban J connectivity index is 1.80. The fourth-order valence-electron chi connectivity index (χ4n) is 2.60. The first-order chi connectivity index (χ1) is 10.6. The zero-order chi connectivity index (χ0) is 15.7. The summed E-state index contributed by atoms with van der Waals surface area (Å²) in [6.45, 7) is 2.36. The molecular formula is C17H21N3O2. The van der Waals surface area contributed by atoms with E-state index in [4.69, 9.17) is 10.5 Å². The van der Waals surface area contributed by atoms with Crippen molar-refractivity contribution in [2.75, 3.05) is 13.7 Å². The highest BCUT2D eigenvalue weighted by molar-refractivity contribution is 5.98. The van der Waals surface area contributed by atoms with Crippen LogP contribution >= 0.6 is 0 Å². The molecule has 1 heterocycles. The maximum Gasteiger partial charge on any atom is 0.253 e. The number of nitrogens with one attached hydrogen (secondary N) is 1. The van der Waals surface area contributed by atoms with Gasteiger partial charge in [0, 0.05) is 24.0 Å². The molecular weight excluding hydrogens is 278 g/mol. The summed E-state index contributed by atoms with van der Waals surface area (Å²) < 4.78 is 5.20. The molecule has 1 aliphatic carbocycles. The number of carbonyl (C=O) groups excluding carboxylic acids is 1. The molecule has 0 aliphatic heterocycles. The van der Waals surface area contributed by atoms with Crippen LogP contribution in [0, 0.1) is 12.8 Å². The van der Waals surface area contributed by atoms with E-state index in [2.05, 4.69) is 10.3 Å². The molecule has 1 aliphatic rings. The van der Waals surface area contributed by atoms with E-state index in [9.17, 15) is 4.79 Å². The van der Waals surface area contributed by atoms with E-state index in [0.717, 1.165) is 16.7 Å². The molecule has 1 amide bonds. The number of rotatable bonds is 5. The molecule has 3 rings (SSSR count). The zero-order valence-corrected chi connectivity index (χ0v) is 12.9. The van der Waals surface area contributed by atoms with E-state index in [1.807, 2.05) is 31.2 Å². The Labute approximate surface area is 129 Å². The van der Waals surface area contributed by atoms with Crippen molar-refractivity contribution in [1.29, 1.82) is 0 Å². The monoisotopic (exact) mass is 299 g/mol. The Bertz CT molecular complexity index is 710. The molecule has 3 N–H and O–H groups in total. The summed E-state index contributed by atoms with van der Waals surface area (Å²) in [6.07, 6.45) is 2.35. The minimum Gasteiger partial charge on any atom is -0.497 e. The van der Waals surface area contributed by atoms with Crippen LogP contribution in [0.4, 0.5) is 0 Å². The molecule has 2 aromatic rings. The first-order valence-electron chi connectivity index (χ1n) is 7.57. The number of nitrogens with zero attached hydrogens (tertiary/aromatic N) is 1. The number of hydrogen-bond donors (Lipinski definition) is 2. The average Bonchev–Trinajstić information content (AvgIpc) is 3.35. The van der Waals surface area contributed by atoms with Gasteiger partial charge in [0.15, 0.2) is 0 Å². The number of nitrogens with two attached hydrogens (primary N) is 1. The second-order valence-corrected chi connectivity index (χ2v) is 5.89. The Morgan fingerprint density at radius 1 is 1.45 bits per heavy atom. The van der Waals surface area contributed by atoms with Gasteiger partial charge in [0.05, 0.1) is 23.9 Å². The van der Waals surface area contributed by atoms with Crippen LogP contribution in [0.3, 0.4) is 0 Å². The first kappa shape index (κ1) is 14.8. The summed E-state index contributed by atoms with van der Waals surface area (Å²) in [7, 11) is 1.62. The number of ether oxygens (including phenoxy) is 1. The Morgan fingerprint density at radius 2 is 2.23 bits per heavy atom. The van der Waals surface area contributed by atoms with Crippen molar-refractivity contribution in [2.45, 2.75) is 25.8 Å². The number of aryl methyl sites for hydroxylation is 1. The smallest absolute Gasteiger partial charge is 0.253 e. The Morgan fingerprint density at radius 3 is 2.91 bits per heavy atom. The summed E-state index contributed by atoms with van der Waals surface area (Å²) in [5.41, 5.74) is 8.15. The Hall–Kier alpha value is -2.14. The molecule has 0 spiro atoms. The topological polar surface area (TPSA) is 77.2 Å². The zero-order valence-electron chi connectivity index (χ0n) is 12.9. The van der Waals surface area contributed by atoms with Crippen LogP contribution in [0.25, 0.3) is 10.9 Å². The number of benzene rings is 1. The van der Waals surface area contributed by atoms with E-state index < -0.39 is 0 Å². The molecule has 1 saturated carbocycles. The molecule has 1 unspecified atom stereocenters. The number of methoxy groups -OCH3 is 1. The second kappa shape index (κ2) is 5.93. The van der Waals surface area contributed by atoms with Crippen LogP contribution in [-0.2, 0) is 0 Å². The second-order valence-electron chi connectivity index (χ2n) is 5.89. The number of fused-ring (bicyclic) bond motifs is 1. The molecule has 1 aromatic heterocycles. The molecule has 5 nitrogen and oxygen atoms in total. The van der Waals surface area contributed by atoms with Crippen LogP contribution in [0.2, 0.25) is 0 Å². The molecule has 0 bridgehead atoms. The predicted molar refractivity (Wildman–Crippen MR) is 86.1 cm³/mol. The lowest BCUT2D eigenvalue weighted by Crippen LogP contribution is -2.38. The maximum atomic E-state index is 12.3. The highest BCUT2D eigenvalue weighted by Crippen LogP contribution is 2.31.